The van der Waals surface area contributed by atoms with Crippen molar-refractivity contribution in [2.75, 3.05) is 0 Å². The summed E-state index contributed by atoms with van der Waals surface area (Å²) < 4.78 is 0. The summed E-state index contributed by atoms with van der Waals surface area (Å²) in [6.45, 7) is 6.64. The van der Waals surface area contributed by atoms with Crippen molar-refractivity contribution in [2.24, 2.45) is 5.92 Å². The molecule has 1 atom stereocenters. The normalized spacial score (nSPS) is 22.5. The zero-order valence-corrected chi connectivity index (χ0v) is 7.59. The highest BCUT2D eigenvalue weighted by Gasteiger charge is 2.01. The van der Waals surface area contributed by atoms with Crippen LogP contribution in [-0.2, 0) is 0 Å². The van der Waals surface area contributed by atoms with Crippen molar-refractivity contribution in [3.63, 3.8) is 0 Å². The molecular weight excluding hydrogens is 132 g/mol. The molecule has 60 valence electrons. The van der Waals surface area contributed by atoms with Crippen LogP contribution >= 0.6 is 0 Å². The lowest BCUT2D eigenvalue weighted by atomic mass is 10.0. The molecule has 0 aromatic heterocycles. The molecule has 0 heterocycles. The fourth-order valence-electron chi connectivity index (χ4n) is 1.14. The Labute approximate surface area is 69.3 Å². The lowest BCUT2D eigenvalue weighted by molar-refractivity contribution is 0.695. The van der Waals surface area contributed by atoms with Crippen LogP contribution < -0.4 is 0 Å². The Hall–Kier alpha value is -0.780. The minimum atomic E-state index is 0.705. The van der Waals surface area contributed by atoms with Crippen molar-refractivity contribution in [3.8, 4) is 0 Å². The molecule has 0 heteroatoms. The standard InChI is InChI=1S/C11H16/c1-4-9(2)8-11-7-5-6-10(11)3/h5-9H,4H2,1-3H3. The fraction of sp³-hybridized carbons (Fsp3) is 0.455. The van der Waals surface area contributed by atoms with Gasteiger partial charge in [0.25, 0.3) is 0 Å². The van der Waals surface area contributed by atoms with Gasteiger partial charge in [0.15, 0.2) is 0 Å². The average Bonchev–Trinajstić information content (AvgIpc) is 2.37. The van der Waals surface area contributed by atoms with Gasteiger partial charge in [-0.2, -0.15) is 0 Å². The molecule has 11 heavy (non-hydrogen) atoms. The van der Waals surface area contributed by atoms with E-state index in [0.717, 1.165) is 0 Å². The lowest BCUT2D eigenvalue weighted by Crippen LogP contribution is -1.88. The van der Waals surface area contributed by atoms with Crippen molar-refractivity contribution in [2.45, 2.75) is 27.2 Å². The average molecular weight is 148 g/mol. The molecule has 0 aromatic carbocycles. The SMILES string of the molecule is CCC(C)C=C1C=CC=C1C. The Morgan fingerprint density at radius 3 is 2.73 bits per heavy atom. The van der Waals surface area contributed by atoms with E-state index in [4.69, 9.17) is 0 Å². The van der Waals surface area contributed by atoms with Crippen molar-refractivity contribution < 1.29 is 0 Å². The van der Waals surface area contributed by atoms with Gasteiger partial charge in [0.2, 0.25) is 0 Å². The van der Waals surface area contributed by atoms with Gasteiger partial charge in [0.05, 0.1) is 0 Å². The lowest BCUT2D eigenvalue weighted by Gasteiger charge is -2.03. The zero-order valence-electron chi connectivity index (χ0n) is 7.59. The van der Waals surface area contributed by atoms with Crippen LogP contribution in [0.5, 0.6) is 0 Å². The summed E-state index contributed by atoms with van der Waals surface area (Å²) in [6.07, 6.45) is 10.0. The highest BCUT2D eigenvalue weighted by atomic mass is 14.1. The molecule has 1 unspecified atom stereocenters. The fourth-order valence-corrected chi connectivity index (χ4v) is 1.14. The molecule has 0 radical (unpaired) electrons. The van der Waals surface area contributed by atoms with Gasteiger partial charge in [-0.1, -0.05) is 44.6 Å². The Morgan fingerprint density at radius 2 is 2.27 bits per heavy atom. The summed E-state index contributed by atoms with van der Waals surface area (Å²) in [4.78, 5) is 0. The third kappa shape index (κ3) is 2.07. The van der Waals surface area contributed by atoms with Crippen molar-refractivity contribution >= 4 is 0 Å². The molecule has 1 aliphatic rings. The van der Waals surface area contributed by atoms with E-state index in [0.29, 0.717) is 5.92 Å². The van der Waals surface area contributed by atoms with Crippen LogP contribution in [0, 0.1) is 5.92 Å². The van der Waals surface area contributed by atoms with Gasteiger partial charge >= 0.3 is 0 Å². The quantitative estimate of drug-likeness (QED) is 0.562. The first-order chi connectivity index (χ1) is 5.24. The maximum Gasteiger partial charge on any atom is -0.0255 e. The third-order valence-electron chi connectivity index (χ3n) is 2.19. The second-order valence-electron chi connectivity index (χ2n) is 3.22. The highest BCUT2D eigenvalue weighted by Crippen LogP contribution is 2.20. The van der Waals surface area contributed by atoms with E-state index in [1.54, 1.807) is 0 Å². The molecule has 0 aromatic rings. The predicted molar refractivity (Wildman–Crippen MR) is 50.4 cm³/mol. The molecule has 0 aliphatic heterocycles. The smallest absolute Gasteiger partial charge is 0.0255 e. The Morgan fingerprint density at radius 1 is 1.55 bits per heavy atom. The van der Waals surface area contributed by atoms with Gasteiger partial charge in [0.1, 0.15) is 0 Å². The monoisotopic (exact) mass is 148 g/mol. The van der Waals surface area contributed by atoms with Gasteiger partial charge in [0, 0.05) is 0 Å². The van der Waals surface area contributed by atoms with Crippen LogP contribution in [0.25, 0.3) is 0 Å². The first-order valence-electron chi connectivity index (χ1n) is 4.31. The number of hydrogen-bond acceptors (Lipinski definition) is 0. The Bertz CT molecular complexity index is 216. The van der Waals surface area contributed by atoms with Crippen LogP contribution in [0.1, 0.15) is 27.2 Å². The topological polar surface area (TPSA) is 0 Å². The summed E-state index contributed by atoms with van der Waals surface area (Å²) in [6, 6.07) is 0. The van der Waals surface area contributed by atoms with Crippen LogP contribution in [0.15, 0.2) is 35.5 Å². The van der Waals surface area contributed by atoms with E-state index >= 15 is 0 Å². The maximum absolute atomic E-state index is 2.34. The molecule has 0 fully saturated rings. The minimum Gasteiger partial charge on any atom is -0.0742 e. The van der Waals surface area contributed by atoms with Gasteiger partial charge in [-0.25, -0.2) is 0 Å². The Balaban J connectivity index is 2.67. The van der Waals surface area contributed by atoms with E-state index in [9.17, 15) is 0 Å². The first-order valence-corrected chi connectivity index (χ1v) is 4.31. The molecule has 0 saturated heterocycles. The van der Waals surface area contributed by atoms with E-state index in [1.807, 2.05) is 0 Å². The number of rotatable bonds is 2. The second kappa shape index (κ2) is 3.56. The van der Waals surface area contributed by atoms with Crippen LogP contribution in [0.3, 0.4) is 0 Å². The van der Waals surface area contributed by atoms with Gasteiger partial charge < -0.3 is 0 Å². The largest absolute Gasteiger partial charge is 0.0742 e. The van der Waals surface area contributed by atoms with Crippen LogP contribution in [-0.4, -0.2) is 0 Å². The zero-order chi connectivity index (χ0) is 8.27. The summed E-state index contributed by atoms with van der Waals surface area (Å²) in [5.74, 6) is 0.705. The molecule has 0 bridgehead atoms. The molecule has 0 nitrogen and oxygen atoms in total. The molecule has 0 N–H and O–H groups in total. The number of hydrogen-bond donors (Lipinski definition) is 0. The van der Waals surface area contributed by atoms with E-state index in [1.165, 1.54) is 17.6 Å². The molecule has 0 spiro atoms. The summed E-state index contributed by atoms with van der Waals surface area (Å²) in [5, 5.41) is 0. The van der Waals surface area contributed by atoms with Crippen molar-refractivity contribution in [1.29, 1.82) is 0 Å². The number of allylic oxidation sites excluding steroid dienone is 6. The minimum absolute atomic E-state index is 0.705. The van der Waals surface area contributed by atoms with E-state index in [2.05, 4.69) is 45.1 Å². The van der Waals surface area contributed by atoms with Gasteiger partial charge in [-0.05, 0) is 24.0 Å². The Kier molecular flexibility index (Phi) is 2.70. The van der Waals surface area contributed by atoms with Crippen LogP contribution in [0.4, 0.5) is 0 Å². The predicted octanol–water partition coefficient (Wildman–Crippen LogP) is 3.48. The second-order valence-corrected chi connectivity index (χ2v) is 3.22. The van der Waals surface area contributed by atoms with Crippen molar-refractivity contribution in [3.05, 3.63) is 35.5 Å². The third-order valence-corrected chi connectivity index (χ3v) is 2.19. The maximum atomic E-state index is 2.34. The molecular formula is C11H16. The summed E-state index contributed by atoms with van der Waals surface area (Å²) >= 11 is 0. The van der Waals surface area contributed by atoms with Gasteiger partial charge in [-0.3, -0.25) is 0 Å². The summed E-state index contributed by atoms with van der Waals surface area (Å²) in [5.41, 5.74) is 2.80. The molecule has 1 rings (SSSR count). The highest BCUT2D eigenvalue weighted by molar-refractivity contribution is 5.47. The molecule has 0 saturated carbocycles. The summed E-state index contributed by atoms with van der Waals surface area (Å²) in [7, 11) is 0. The van der Waals surface area contributed by atoms with E-state index < -0.39 is 0 Å². The first kappa shape index (κ1) is 8.32. The molecule has 0 amide bonds. The van der Waals surface area contributed by atoms with Gasteiger partial charge in [-0.15, -0.1) is 0 Å². The van der Waals surface area contributed by atoms with Crippen LogP contribution in [0.2, 0.25) is 0 Å². The molecule has 1 aliphatic carbocycles. The van der Waals surface area contributed by atoms with E-state index in [-0.39, 0.29) is 0 Å². The van der Waals surface area contributed by atoms with Crippen molar-refractivity contribution in [1.82, 2.24) is 0 Å².